The fourth-order valence-electron chi connectivity index (χ4n) is 5.95. The lowest BCUT2D eigenvalue weighted by molar-refractivity contribution is -0.189. The minimum Gasteiger partial charge on any atom is -0.380 e. The molecule has 1 N–H and O–H groups in total. The molecular weight excluding hydrogens is 485 g/mol. The van der Waals surface area contributed by atoms with E-state index in [1.165, 1.54) is 16.7 Å². The smallest absolute Gasteiger partial charge is 0.380 e. The number of H-pyrrole nitrogens is 1. The van der Waals surface area contributed by atoms with Gasteiger partial charge in [-0.05, 0) is 31.0 Å². The van der Waals surface area contributed by atoms with E-state index in [9.17, 15) is 13.2 Å². The van der Waals surface area contributed by atoms with Crippen LogP contribution >= 0.6 is 0 Å². The van der Waals surface area contributed by atoms with E-state index in [1.807, 2.05) is 18.5 Å². The van der Waals surface area contributed by atoms with Crippen molar-refractivity contribution in [2.45, 2.75) is 31.1 Å². The Morgan fingerprint density at radius 3 is 2.65 bits per heavy atom. The number of piperazine rings is 1. The summed E-state index contributed by atoms with van der Waals surface area (Å²) in [6.45, 7) is 4.13. The van der Waals surface area contributed by atoms with Crippen LogP contribution in [0.1, 0.15) is 30.0 Å². The Morgan fingerprint density at radius 1 is 1.05 bits per heavy atom. The highest BCUT2D eigenvalue weighted by molar-refractivity contribution is 5.59. The monoisotopic (exact) mass is 510 g/mol. The summed E-state index contributed by atoms with van der Waals surface area (Å²) in [6.07, 6.45) is 5.90. The van der Waals surface area contributed by atoms with Gasteiger partial charge in [0.15, 0.2) is 5.82 Å². The van der Waals surface area contributed by atoms with Crippen LogP contribution in [0, 0.1) is 5.41 Å². The predicted molar refractivity (Wildman–Crippen MR) is 128 cm³/mol. The molecule has 0 radical (unpaired) electrons. The number of halogens is 3. The molecule has 4 aromatic rings. The minimum absolute atomic E-state index is 0.152. The van der Waals surface area contributed by atoms with Crippen molar-refractivity contribution in [2.24, 2.45) is 5.41 Å². The maximum atomic E-state index is 13.3. The summed E-state index contributed by atoms with van der Waals surface area (Å²) in [6, 6.07) is 4.90. The van der Waals surface area contributed by atoms with Gasteiger partial charge >= 0.3 is 6.18 Å². The highest BCUT2D eigenvalue weighted by Crippen LogP contribution is 2.51. The molecule has 0 aromatic carbocycles. The van der Waals surface area contributed by atoms with E-state index in [2.05, 4.69) is 30.0 Å². The molecule has 3 aliphatic rings. The summed E-state index contributed by atoms with van der Waals surface area (Å²) >= 11 is 0. The van der Waals surface area contributed by atoms with Gasteiger partial charge in [-0.3, -0.25) is 14.4 Å². The van der Waals surface area contributed by atoms with E-state index in [1.54, 1.807) is 6.20 Å². The zero-order valence-corrected chi connectivity index (χ0v) is 19.9. The molecule has 1 aliphatic carbocycles. The number of hydrogen-bond acceptors (Lipinski definition) is 7. The second kappa shape index (κ2) is 8.25. The number of nitrogens with one attached hydrogen (secondary N) is 1. The Hall–Kier alpha value is -3.51. The first-order chi connectivity index (χ1) is 17.9. The molecule has 12 heteroatoms. The third-order valence-electron chi connectivity index (χ3n) is 7.98. The zero-order chi connectivity index (χ0) is 25.2. The van der Waals surface area contributed by atoms with Crippen molar-refractivity contribution in [3.8, 4) is 11.5 Å². The van der Waals surface area contributed by atoms with Crippen LogP contribution in [0.3, 0.4) is 0 Å². The molecule has 3 fully saturated rings. The maximum absolute atomic E-state index is 13.3. The van der Waals surface area contributed by atoms with Crippen molar-refractivity contribution in [3.63, 3.8) is 0 Å². The molecule has 37 heavy (non-hydrogen) atoms. The summed E-state index contributed by atoms with van der Waals surface area (Å²) in [5, 5.41) is 7.13. The van der Waals surface area contributed by atoms with E-state index >= 15 is 0 Å². The van der Waals surface area contributed by atoms with Crippen LogP contribution in [0.15, 0.2) is 49.2 Å². The number of fused-ring (bicyclic) bond motifs is 1. The predicted octanol–water partition coefficient (Wildman–Crippen LogP) is 3.58. The summed E-state index contributed by atoms with van der Waals surface area (Å²) in [4.78, 5) is 18.2. The molecule has 0 unspecified atom stereocenters. The molecule has 1 saturated carbocycles. The molecule has 9 nitrogen and oxygen atoms in total. The van der Waals surface area contributed by atoms with Gasteiger partial charge in [0.1, 0.15) is 17.2 Å². The number of anilines is 1. The fourth-order valence-corrected chi connectivity index (χ4v) is 5.95. The van der Waals surface area contributed by atoms with Gasteiger partial charge in [0, 0.05) is 55.2 Å². The highest BCUT2D eigenvalue weighted by Gasteiger charge is 2.53. The summed E-state index contributed by atoms with van der Waals surface area (Å²) in [5.74, 6) is 1.06. The first-order valence-electron chi connectivity index (χ1n) is 12.3. The zero-order valence-electron chi connectivity index (χ0n) is 19.9. The highest BCUT2D eigenvalue weighted by atomic mass is 19.4. The molecule has 1 atom stereocenters. The third kappa shape index (κ3) is 3.86. The minimum atomic E-state index is -4.45. The molecule has 2 saturated heterocycles. The second-order valence-corrected chi connectivity index (χ2v) is 10.3. The van der Waals surface area contributed by atoms with Gasteiger partial charge in [0.25, 0.3) is 0 Å². The normalized spacial score (nSPS) is 22.4. The van der Waals surface area contributed by atoms with Crippen molar-refractivity contribution in [2.75, 3.05) is 37.7 Å². The number of hydrogen-bond donors (Lipinski definition) is 1. The Bertz CT molecular complexity index is 1420. The molecule has 0 bridgehead atoms. The molecule has 2 aliphatic heterocycles. The standard InChI is InChI=1S/C25H25F3N8O/c26-25(27,28)17-1-2-21-30-11-19(36(21)12-17)23-29-4-3-22(33-23)34-5-6-35(18-7-24(8-18)14-37-15-24)20(13-34)16-9-31-32-10-16/h1-4,9-12,18,20H,5-8,13-15H2,(H,31,32)/t20-/m1/s1. The first-order valence-corrected chi connectivity index (χ1v) is 12.3. The van der Waals surface area contributed by atoms with Crippen LogP contribution in [-0.4, -0.2) is 73.3 Å². The quantitative estimate of drug-likeness (QED) is 0.449. The molecule has 192 valence electrons. The Balaban J connectivity index is 1.16. The molecule has 6 heterocycles. The average Bonchev–Trinajstić information content (AvgIpc) is 3.52. The van der Waals surface area contributed by atoms with Gasteiger partial charge in [0.05, 0.1) is 37.2 Å². The number of alkyl halides is 3. The summed E-state index contributed by atoms with van der Waals surface area (Å²) < 4.78 is 46.8. The average molecular weight is 511 g/mol. The van der Waals surface area contributed by atoms with Crippen molar-refractivity contribution < 1.29 is 17.9 Å². The van der Waals surface area contributed by atoms with Crippen LogP contribution in [0.25, 0.3) is 17.2 Å². The Morgan fingerprint density at radius 2 is 1.92 bits per heavy atom. The summed E-state index contributed by atoms with van der Waals surface area (Å²) in [5.41, 5.74) is 1.58. The number of imidazole rings is 1. The van der Waals surface area contributed by atoms with Gasteiger partial charge in [-0.2, -0.15) is 18.3 Å². The van der Waals surface area contributed by atoms with Gasteiger partial charge < -0.3 is 9.64 Å². The molecule has 1 spiro atoms. The topological polar surface area (TPSA) is 87.5 Å². The first kappa shape index (κ1) is 22.7. The van der Waals surface area contributed by atoms with Gasteiger partial charge in [-0.25, -0.2) is 15.0 Å². The summed E-state index contributed by atoms with van der Waals surface area (Å²) in [7, 11) is 0. The molecule has 0 amide bonds. The van der Waals surface area contributed by atoms with Crippen LogP contribution < -0.4 is 4.90 Å². The van der Waals surface area contributed by atoms with Crippen molar-refractivity contribution in [3.05, 3.63) is 60.3 Å². The SMILES string of the molecule is FC(F)(F)c1ccc2ncc(-c3nccc(N4CCN(C5CC6(COC6)C5)[C@@H](c5cn[nH]c5)C4)n3)n2c1. The number of ether oxygens (including phenoxy) is 1. The number of aromatic nitrogens is 6. The van der Waals surface area contributed by atoms with Crippen LogP contribution in [0.4, 0.5) is 19.0 Å². The van der Waals surface area contributed by atoms with E-state index in [-0.39, 0.29) is 6.04 Å². The number of rotatable bonds is 4. The number of nitrogens with zero attached hydrogens (tertiary/aromatic N) is 7. The molecular formula is C25H25F3N8O. The van der Waals surface area contributed by atoms with Crippen LogP contribution in [-0.2, 0) is 10.9 Å². The van der Waals surface area contributed by atoms with Crippen molar-refractivity contribution >= 4 is 11.5 Å². The van der Waals surface area contributed by atoms with E-state index < -0.39 is 11.7 Å². The van der Waals surface area contributed by atoms with E-state index in [4.69, 9.17) is 9.72 Å². The van der Waals surface area contributed by atoms with Crippen LogP contribution in [0.5, 0.6) is 0 Å². The third-order valence-corrected chi connectivity index (χ3v) is 7.98. The number of aromatic amines is 1. The maximum Gasteiger partial charge on any atom is 0.417 e. The largest absolute Gasteiger partial charge is 0.417 e. The second-order valence-electron chi connectivity index (χ2n) is 10.3. The Kier molecular flexibility index (Phi) is 5.05. The van der Waals surface area contributed by atoms with E-state index in [0.29, 0.717) is 28.6 Å². The molecule has 7 rings (SSSR count). The number of pyridine rings is 1. The van der Waals surface area contributed by atoms with Crippen molar-refractivity contribution in [1.29, 1.82) is 0 Å². The molecule has 4 aromatic heterocycles. The fraction of sp³-hybridized carbons (Fsp3) is 0.440. The van der Waals surface area contributed by atoms with Gasteiger partial charge in [-0.1, -0.05) is 0 Å². The lowest BCUT2D eigenvalue weighted by Crippen LogP contribution is -2.63. The lowest BCUT2D eigenvalue weighted by atomic mass is 9.63. The van der Waals surface area contributed by atoms with E-state index in [0.717, 1.165) is 69.3 Å². The van der Waals surface area contributed by atoms with Gasteiger partial charge in [0.2, 0.25) is 0 Å². The van der Waals surface area contributed by atoms with Gasteiger partial charge in [-0.15, -0.1) is 0 Å². The van der Waals surface area contributed by atoms with Crippen molar-refractivity contribution in [1.82, 2.24) is 34.4 Å². The van der Waals surface area contributed by atoms with Crippen LogP contribution in [0.2, 0.25) is 0 Å². The lowest BCUT2D eigenvalue weighted by Gasteiger charge is -2.58. The Labute approximate surface area is 210 Å².